The number of nitrogens with zero attached hydrogens (tertiary/aromatic N) is 4. The summed E-state index contributed by atoms with van der Waals surface area (Å²) in [6.45, 7) is 4.08. The maximum atomic E-state index is 12.7. The maximum Gasteiger partial charge on any atom is 0.251 e. The second-order valence-corrected chi connectivity index (χ2v) is 4.85. The van der Waals surface area contributed by atoms with Crippen molar-refractivity contribution in [3.63, 3.8) is 0 Å². The lowest BCUT2D eigenvalue weighted by atomic mass is 10.1. The highest BCUT2D eigenvalue weighted by atomic mass is 16.2. The largest absolute Gasteiger partial charge is 0.311 e. The summed E-state index contributed by atoms with van der Waals surface area (Å²) in [6.07, 6.45) is 3.02. The third kappa shape index (κ3) is 2.30. The number of hydrogen-bond donors (Lipinski definition) is 1. The number of nitrogens with one attached hydrogen (secondary N) is 1. The highest BCUT2D eigenvalue weighted by molar-refractivity contribution is 5.96. The van der Waals surface area contributed by atoms with Gasteiger partial charge in [-0.3, -0.25) is 4.79 Å². The highest BCUT2D eigenvalue weighted by Gasteiger charge is 2.26. The van der Waals surface area contributed by atoms with Crippen LogP contribution in [0.4, 0.5) is 5.69 Å². The summed E-state index contributed by atoms with van der Waals surface area (Å²) >= 11 is 0. The van der Waals surface area contributed by atoms with Gasteiger partial charge in [-0.25, -0.2) is 9.67 Å². The Kier molecular flexibility index (Phi) is 3.47. The Hall–Kier alpha value is -2.21. The Morgan fingerprint density at radius 3 is 3.05 bits per heavy atom. The predicted molar refractivity (Wildman–Crippen MR) is 75.2 cm³/mol. The summed E-state index contributed by atoms with van der Waals surface area (Å²) in [6, 6.07) is 7.64. The van der Waals surface area contributed by atoms with Crippen LogP contribution in [0, 0.1) is 0 Å². The minimum Gasteiger partial charge on any atom is -0.311 e. The van der Waals surface area contributed by atoms with Crippen LogP contribution in [-0.4, -0.2) is 33.8 Å². The SMILES string of the molecule is CC(C(=O)N1CCNCc2ccccc21)n1cncn1. The molecule has 1 aliphatic rings. The predicted octanol–water partition coefficient (Wildman–Crippen LogP) is 0.975. The molecule has 0 saturated carbocycles. The van der Waals surface area contributed by atoms with Crippen molar-refractivity contribution in [1.29, 1.82) is 0 Å². The zero-order chi connectivity index (χ0) is 13.9. The molecule has 1 N–H and O–H groups in total. The van der Waals surface area contributed by atoms with Crippen LogP contribution in [0.25, 0.3) is 0 Å². The number of benzene rings is 1. The second kappa shape index (κ2) is 5.42. The smallest absolute Gasteiger partial charge is 0.251 e. The van der Waals surface area contributed by atoms with E-state index in [1.807, 2.05) is 36.1 Å². The van der Waals surface area contributed by atoms with Crippen LogP contribution in [0.15, 0.2) is 36.9 Å². The van der Waals surface area contributed by atoms with Crippen molar-refractivity contribution >= 4 is 11.6 Å². The van der Waals surface area contributed by atoms with E-state index in [0.29, 0.717) is 6.54 Å². The number of rotatable bonds is 2. The van der Waals surface area contributed by atoms with E-state index in [4.69, 9.17) is 0 Å². The Morgan fingerprint density at radius 2 is 2.25 bits per heavy atom. The summed E-state index contributed by atoms with van der Waals surface area (Å²) < 4.78 is 1.59. The van der Waals surface area contributed by atoms with Crippen molar-refractivity contribution in [2.75, 3.05) is 18.0 Å². The lowest BCUT2D eigenvalue weighted by molar-refractivity contribution is -0.121. The van der Waals surface area contributed by atoms with E-state index in [1.54, 1.807) is 11.0 Å². The number of aromatic nitrogens is 3. The van der Waals surface area contributed by atoms with Crippen LogP contribution >= 0.6 is 0 Å². The lowest BCUT2D eigenvalue weighted by Gasteiger charge is -2.25. The molecule has 0 spiro atoms. The van der Waals surface area contributed by atoms with Gasteiger partial charge in [0.15, 0.2) is 0 Å². The summed E-state index contributed by atoms with van der Waals surface area (Å²) in [7, 11) is 0. The second-order valence-electron chi connectivity index (χ2n) is 4.85. The first-order chi connectivity index (χ1) is 9.77. The molecule has 1 aromatic heterocycles. The summed E-state index contributed by atoms with van der Waals surface area (Å²) in [4.78, 5) is 18.5. The Balaban J connectivity index is 1.91. The quantitative estimate of drug-likeness (QED) is 0.884. The number of hydrogen-bond acceptors (Lipinski definition) is 4. The molecule has 20 heavy (non-hydrogen) atoms. The summed E-state index contributed by atoms with van der Waals surface area (Å²) in [5.74, 6) is 0.0339. The van der Waals surface area contributed by atoms with E-state index in [0.717, 1.165) is 24.3 Å². The van der Waals surface area contributed by atoms with Crippen molar-refractivity contribution < 1.29 is 4.79 Å². The first kappa shape index (κ1) is 12.8. The summed E-state index contributed by atoms with van der Waals surface area (Å²) in [5.41, 5.74) is 2.12. The van der Waals surface area contributed by atoms with E-state index in [9.17, 15) is 4.79 Å². The van der Waals surface area contributed by atoms with Gasteiger partial charge in [0.1, 0.15) is 18.7 Å². The zero-order valence-electron chi connectivity index (χ0n) is 11.4. The molecule has 3 rings (SSSR count). The van der Waals surface area contributed by atoms with Crippen molar-refractivity contribution in [3.05, 3.63) is 42.5 Å². The normalized spacial score (nSPS) is 16.4. The van der Waals surface area contributed by atoms with Crippen molar-refractivity contribution in [2.24, 2.45) is 0 Å². The highest BCUT2D eigenvalue weighted by Crippen LogP contribution is 2.24. The van der Waals surface area contributed by atoms with Gasteiger partial charge in [-0.15, -0.1) is 0 Å². The van der Waals surface area contributed by atoms with Crippen LogP contribution < -0.4 is 10.2 Å². The molecule has 1 unspecified atom stereocenters. The van der Waals surface area contributed by atoms with E-state index in [2.05, 4.69) is 15.4 Å². The van der Waals surface area contributed by atoms with Crippen LogP contribution in [0.1, 0.15) is 18.5 Å². The van der Waals surface area contributed by atoms with E-state index < -0.39 is 0 Å². The molecule has 1 aliphatic heterocycles. The Morgan fingerprint density at radius 1 is 1.40 bits per heavy atom. The fourth-order valence-electron chi connectivity index (χ4n) is 2.44. The average Bonchev–Trinajstić information content (AvgIpc) is 2.93. The number of carbonyl (C=O) groups excluding carboxylic acids is 1. The molecule has 0 bridgehead atoms. The van der Waals surface area contributed by atoms with Gasteiger partial charge in [-0.1, -0.05) is 18.2 Å². The minimum absolute atomic E-state index is 0.0339. The van der Waals surface area contributed by atoms with Crippen LogP contribution in [0.5, 0.6) is 0 Å². The molecule has 0 aliphatic carbocycles. The average molecular weight is 271 g/mol. The van der Waals surface area contributed by atoms with Gasteiger partial charge >= 0.3 is 0 Å². The number of para-hydroxylation sites is 1. The van der Waals surface area contributed by atoms with Crippen molar-refractivity contribution in [2.45, 2.75) is 19.5 Å². The molecule has 1 atom stereocenters. The first-order valence-electron chi connectivity index (χ1n) is 6.71. The molecular weight excluding hydrogens is 254 g/mol. The molecule has 0 radical (unpaired) electrons. The number of amides is 1. The minimum atomic E-state index is -0.358. The van der Waals surface area contributed by atoms with Crippen molar-refractivity contribution in [1.82, 2.24) is 20.1 Å². The molecule has 0 fully saturated rings. The van der Waals surface area contributed by atoms with Gasteiger partial charge in [-0.2, -0.15) is 5.10 Å². The number of anilines is 1. The fraction of sp³-hybridized carbons (Fsp3) is 0.357. The Labute approximate surface area is 117 Å². The maximum absolute atomic E-state index is 12.7. The van der Waals surface area contributed by atoms with E-state index in [1.165, 1.54) is 6.33 Å². The van der Waals surface area contributed by atoms with Crippen LogP contribution in [-0.2, 0) is 11.3 Å². The van der Waals surface area contributed by atoms with Crippen molar-refractivity contribution in [3.8, 4) is 0 Å². The van der Waals surface area contributed by atoms with Gasteiger partial charge in [0.05, 0.1) is 0 Å². The fourth-order valence-corrected chi connectivity index (χ4v) is 2.44. The molecular formula is C14H17N5O. The lowest BCUT2D eigenvalue weighted by Crippen LogP contribution is -2.39. The standard InChI is InChI=1S/C14H17N5O/c1-11(19-10-16-9-17-19)14(20)18-7-6-15-8-12-4-2-3-5-13(12)18/h2-5,9-11,15H,6-8H2,1H3. The summed E-state index contributed by atoms with van der Waals surface area (Å²) in [5, 5.41) is 7.39. The van der Waals surface area contributed by atoms with Crippen LogP contribution in [0.2, 0.25) is 0 Å². The number of carbonyl (C=O) groups is 1. The third-order valence-corrected chi connectivity index (χ3v) is 3.57. The first-order valence-corrected chi connectivity index (χ1v) is 6.71. The third-order valence-electron chi connectivity index (χ3n) is 3.57. The molecule has 1 aromatic carbocycles. The topological polar surface area (TPSA) is 63.1 Å². The van der Waals surface area contributed by atoms with Gasteiger partial charge in [-0.05, 0) is 18.6 Å². The molecule has 1 amide bonds. The molecule has 104 valence electrons. The van der Waals surface area contributed by atoms with E-state index in [-0.39, 0.29) is 11.9 Å². The van der Waals surface area contributed by atoms with Gasteiger partial charge in [0.2, 0.25) is 0 Å². The molecule has 0 saturated heterocycles. The molecule has 6 heteroatoms. The zero-order valence-corrected chi connectivity index (χ0v) is 11.4. The molecule has 2 heterocycles. The molecule has 6 nitrogen and oxygen atoms in total. The molecule has 2 aromatic rings. The van der Waals surface area contributed by atoms with E-state index >= 15 is 0 Å². The number of fused-ring (bicyclic) bond motifs is 1. The van der Waals surface area contributed by atoms with Gasteiger partial charge in [0, 0.05) is 25.3 Å². The van der Waals surface area contributed by atoms with Gasteiger partial charge < -0.3 is 10.2 Å². The van der Waals surface area contributed by atoms with Crippen LogP contribution in [0.3, 0.4) is 0 Å². The van der Waals surface area contributed by atoms with Gasteiger partial charge in [0.25, 0.3) is 5.91 Å². The Bertz CT molecular complexity index is 595. The monoisotopic (exact) mass is 271 g/mol.